The van der Waals surface area contributed by atoms with Gasteiger partial charge in [-0.2, -0.15) is 0 Å². The molecule has 0 aliphatic rings. The number of hydrogen-bond donors (Lipinski definition) is 1. The van der Waals surface area contributed by atoms with Crippen LogP contribution in [-0.2, 0) is 4.74 Å². The van der Waals surface area contributed by atoms with Gasteiger partial charge in [0.25, 0.3) is 0 Å². The summed E-state index contributed by atoms with van der Waals surface area (Å²) in [5, 5.41) is 3.61. The highest BCUT2D eigenvalue weighted by molar-refractivity contribution is 4.76. The molecule has 2 heteroatoms. The molecule has 0 spiro atoms. The Labute approximate surface area is 115 Å². The molecule has 1 N–H and O–H groups in total. The monoisotopic (exact) mass is 257 g/mol. The Kier molecular flexibility index (Phi) is 10.8. The summed E-state index contributed by atoms with van der Waals surface area (Å²) in [6, 6.07) is 0. The van der Waals surface area contributed by atoms with Gasteiger partial charge >= 0.3 is 0 Å². The van der Waals surface area contributed by atoms with Gasteiger partial charge in [0.05, 0.1) is 0 Å². The minimum Gasteiger partial charge on any atom is -0.381 e. The van der Waals surface area contributed by atoms with Crippen LogP contribution in [0.15, 0.2) is 0 Å². The van der Waals surface area contributed by atoms with Crippen molar-refractivity contribution in [2.24, 2.45) is 11.3 Å². The van der Waals surface area contributed by atoms with Crippen molar-refractivity contribution < 1.29 is 4.74 Å². The normalized spacial score (nSPS) is 15.0. The molecule has 0 radical (unpaired) electrons. The molecule has 0 aliphatic carbocycles. The third-order valence-corrected chi connectivity index (χ3v) is 3.45. The fourth-order valence-electron chi connectivity index (χ4n) is 2.23. The molecule has 18 heavy (non-hydrogen) atoms. The minimum atomic E-state index is 0.399. The van der Waals surface area contributed by atoms with Gasteiger partial charge in [0.15, 0.2) is 0 Å². The van der Waals surface area contributed by atoms with Gasteiger partial charge in [0.2, 0.25) is 0 Å². The van der Waals surface area contributed by atoms with Gasteiger partial charge in [-0.05, 0) is 37.1 Å². The van der Waals surface area contributed by atoms with Gasteiger partial charge in [-0.15, -0.1) is 0 Å². The van der Waals surface area contributed by atoms with Crippen molar-refractivity contribution in [3.05, 3.63) is 0 Å². The van der Waals surface area contributed by atoms with Crippen LogP contribution in [0.5, 0.6) is 0 Å². The number of ether oxygens (including phenoxy) is 1. The second-order valence-corrected chi connectivity index (χ2v) is 6.30. The Morgan fingerprint density at radius 3 is 2.33 bits per heavy atom. The van der Waals surface area contributed by atoms with Crippen LogP contribution in [0, 0.1) is 11.3 Å². The van der Waals surface area contributed by atoms with E-state index in [2.05, 4.69) is 39.9 Å². The first-order valence-corrected chi connectivity index (χ1v) is 7.82. The third-order valence-electron chi connectivity index (χ3n) is 3.45. The van der Waals surface area contributed by atoms with Crippen molar-refractivity contribution in [1.29, 1.82) is 0 Å². The van der Waals surface area contributed by atoms with E-state index >= 15 is 0 Å². The van der Waals surface area contributed by atoms with E-state index in [1.165, 1.54) is 32.1 Å². The molecule has 0 saturated carbocycles. The number of rotatable bonds is 12. The van der Waals surface area contributed by atoms with E-state index in [1.807, 2.05) is 0 Å². The molecule has 0 bridgehead atoms. The molecule has 0 saturated heterocycles. The number of hydrogen-bond acceptors (Lipinski definition) is 2. The second kappa shape index (κ2) is 10.8. The topological polar surface area (TPSA) is 21.3 Å². The lowest BCUT2D eigenvalue weighted by Crippen LogP contribution is -2.34. The Balaban J connectivity index is 3.85. The molecule has 1 unspecified atom stereocenters. The van der Waals surface area contributed by atoms with E-state index in [9.17, 15) is 0 Å². The third kappa shape index (κ3) is 9.90. The summed E-state index contributed by atoms with van der Waals surface area (Å²) >= 11 is 0. The van der Waals surface area contributed by atoms with Gasteiger partial charge in [-0.1, -0.05) is 47.5 Å². The quantitative estimate of drug-likeness (QED) is 0.528. The summed E-state index contributed by atoms with van der Waals surface area (Å²) in [7, 11) is 0. The summed E-state index contributed by atoms with van der Waals surface area (Å²) < 4.78 is 5.72. The van der Waals surface area contributed by atoms with E-state index in [0.717, 1.165) is 32.2 Å². The molecular weight excluding hydrogens is 222 g/mol. The zero-order valence-corrected chi connectivity index (χ0v) is 13.3. The van der Waals surface area contributed by atoms with Crippen molar-refractivity contribution in [3.63, 3.8) is 0 Å². The summed E-state index contributed by atoms with van der Waals surface area (Å²) in [5.41, 5.74) is 0.399. The van der Waals surface area contributed by atoms with Gasteiger partial charge in [0.1, 0.15) is 0 Å². The Bertz CT molecular complexity index is 182. The Morgan fingerprint density at radius 2 is 1.78 bits per heavy atom. The fraction of sp³-hybridized carbons (Fsp3) is 1.00. The molecule has 0 aromatic rings. The first-order chi connectivity index (χ1) is 8.54. The molecule has 0 aromatic heterocycles. The molecule has 0 heterocycles. The van der Waals surface area contributed by atoms with Crippen LogP contribution < -0.4 is 5.32 Å². The van der Waals surface area contributed by atoms with Crippen molar-refractivity contribution in [1.82, 2.24) is 5.32 Å². The van der Waals surface area contributed by atoms with E-state index in [1.54, 1.807) is 0 Å². The molecule has 1 atom stereocenters. The minimum absolute atomic E-state index is 0.399. The second-order valence-electron chi connectivity index (χ2n) is 6.30. The molecule has 0 rings (SSSR count). The maximum atomic E-state index is 5.72. The highest BCUT2D eigenvalue weighted by Gasteiger charge is 2.22. The largest absolute Gasteiger partial charge is 0.381 e. The van der Waals surface area contributed by atoms with E-state index < -0.39 is 0 Å². The Morgan fingerprint density at radius 1 is 1.06 bits per heavy atom. The van der Waals surface area contributed by atoms with Crippen LogP contribution in [0.1, 0.15) is 66.7 Å². The van der Waals surface area contributed by atoms with Crippen molar-refractivity contribution in [2.75, 3.05) is 26.3 Å². The Hall–Kier alpha value is -0.0800. The molecule has 0 amide bonds. The maximum absolute atomic E-state index is 5.72. The summed E-state index contributed by atoms with van der Waals surface area (Å²) in [4.78, 5) is 0. The van der Waals surface area contributed by atoms with Crippen molar-refractivity contribution in [3.8, 4) is 0 Å². The van der Waals surface area contributed by atoms with Gasteiger partial charge in [-0.25, -0.2) is 0 Å². The lowest BCUT2D eigenvalue weighted by atomic mass is 9.82. The highest BCUT2D eigenvalue weighted by atomic mass is 16.5. The van der Waals surface area contributed by atoms with E-state index in [0.29, 0.717) is 5.41 Å². The lowest BCUT2D eigenvalue weighted by molar-refractivity contribution is 0.0922. The smallest absolute Gasteiger partial charge is 0.0471 e. The van der Waals surface area contributed by atoms with Gasteiger partial charge < -0.3 is 10.1 Å². The summed E-state index contributed by atoms with van der Waals surface area (Å²) in [5.74, 6) is 0.733. The van der Waals surface area contributed by atoms with Gasteiger partial charge in [0, 0.05) is 19.8 Å². The van der Waals surface area contributed by atoms with Crippen LogP contribution in [-0.4, -0.2) is 26.3 Å². The predicted molar refractivity (Wildman–Crippen MR) is 81.1 cm³/mol. The van der Waals surface area contributed by atoms with E-state index in [-0.39, 0.29) is 0 Å². The van der Waals surface area contributed by atoms with Crippen molar-refractivity contribution in [2.45, 2.75) is 66.7 Å². The molecule has 0 aliphatic heterocycles. The summed E-state index contributed by atoms with van der Waals surface area (Å²) in [6.45, 7) is 15.5. The summed E-state index contributed by atoms with van der Waals surface area (Å²) in [6.07, 6.45) is 6.14. The average molecular weight is 257 g/mol. The molecule has 0 fully saturated rings. The zero-order chi connectivity index (χ0) is 13.9. The lowest BCUT2D eigenvalue weighted by Gasteiger charge is -2.30. The van der Waals surface area contributed by atoms with Crippen LogP contribution in [0.2, 0.25) is 0 Å². The van der Waals surface area contributed by atoms with Crippen molar-refractivity contribution >= 4 is 0 Å². The number of unbranched alkanes of at least 4 members (excludes halogenated alkanes) is 1. The van der Waals surface area contributed by atoms with Crippen LogP contribution >= 0.6 is 0 Å². The molecule has 0 aromatic carbocycles. The van der Waals surface area contributed by atoms with Crippen LogP contribution in [0.4, 0.5) is 0 Å². The fourth-order valence-corrected chi connectivity index (χ4v) is 2.23. The van der Waals surface area contributed by atoms with Crippen LogP contribution in [0.25, 0.3) is 0 Å². The van der Waals surface area contributed by atoms with Crippen LogP contribution in [0.3, 0.4) is 0 Å². The standard InChI is InChI=1S/C16H35NO/c1-6-8-11-18-12-10-16(5,9-7-2)14-17-13-15(3)4/h15,17H,6-14H2,1-5H3. The molecule has 2 nitrogen and oxygen atoms in total. The molecular formula is C16H35NO. The number of nitrogens with one attached hydrogen (secondary N) is 1. The SMILES string of the molecule is CCCCOCCC(C)(CCC)CNCC(C)C. The predicted octanol–water partition coefficient (Wildman–Crippen LogP) is 4.25. The van der Waals surface area contributed by atoms with Gasteiger partial charge in [-0.3, -0.25) is 0 Å². The van der Waals surface area contributed by atoms with E-state index in [4.69, 9.17) is 4.74 Å². The first-order valence-electron chi connectivity index (χ1n) is 7.82. The first kappa shape index (κ1) is 17.9. The average Bonchev–Trinajstić information content (AvgIpc) is 2.28. The highest BCUT2D eigenvalue weighted by Crippen LogP contribution is 2.26. The maximum Gasteiger partial charge on any atom is 0.0471 e. The zero-order valence-electron chi connectivity index (χ0n) is 13.3. The molecule has 110 valence electrons.